The van der Waals surface area contributed by atoms with Crippen LogP contribution in [0.15, 0.2) is 66.4 Å². The summed E-state index contributed by atoms with van der Waals surface area (Å²) in [5.74, 6) is 0.836. The van der Waals surface area contributed by atoms with E-state index in [1.54, 1.807) is 0 Å². The number of carbonyl (C=O) groups excluding carboxylic acids is 1. The number of aliphatic hydroxyl groups excluding tert-OH is 1. The third-order valence-corrected chi connectivity index (χ3v) is 9.49. The van der Waals surface area contributed by atoms with Gasteiger partial charge in [-0.3, -0.25) is 0 Å². The first kappa shape index (κ1) is 44.8. The summed E-state index contributed by atoms with van der Waals surface area (Å²) in [7, 11) is 8.92. The van der Waals surface area contributed by atoms with Gasteiger partial charge in [-0.1, -0.05) is 60.1 Å². The molecule has 0 spiro atoms. The number of aromatic nitrogens is 1. The molecule has 1 aromatic heterocycles. The van der Waals surface area contributed by atoms with E-state index in [0.717, 1.165) is 93.1 Å². The number of anilines is 1. The zero-order valence-electron chi connectivity index (χ0n) is 33.0. The van der Waals surface area contributed by atoms with E-state index in [2.05, 4.69) is 78.4 Å². The zero-order chi connectivity index (χ0) is 39.8. The second-order valence-electron chi connectivity index (χ2n) is 12.9. The molecule has 286 valence electrons. The van der Waals surface area contributed by atoms with Crippen molar-refractivity contribution in [2.45, 2.75) is 53.5 Å². The number of hydrogen-bond acceptors (Lipinski definition) is 7. The molecule has 53 heavy (non-hydrogen) atoms. The predicted octanol–water partition coefficient (Wildman–Crippen LogP) is 9.93. The van der Waals surface area contributed by atoms with Crippen LogP contribution in [0.2, 0.25) is 10.0 Å². The number of rotatable bonds is 15. The molecule has 0 saturated heterocycles. The van der Waals surface area contributed by atoms with Crippen molar-refractivity contribution >= 4 is 75.6 Å². The van der Waals surface area contributed by atoms with E-state index in [-0.39, 0.29) is 6.04 Å². The molecule has 1 heterocycles. The predicted molar refractivity (Wildman–Crippen MR) is 231 cm³/mol. The Morgan fingerprint density at radius 3 is 2.34 bits per heavy atom. The Morgan fingerprint density at radius 2 is 1.75 bits per heavy atom. The van der Waals surface area contributed by atoms with Crippen LogP contribution in [0.4, 0.5) is 5.69 Å². The van der Waals surface area contributed by atoms with Crippen molar-refractivity contribution in [3.8, 4) is 5.75 Å². The number of aliphatic hydroxyl groups is 1. The summed E-state index contributed by atoms with van der Waals surface area (Å²) in [6.07, 6.45) is 10.1. The van der Waals surface area contributed by atoms with Gasteiger partial charge in [0.1, 0.15) is 12.5 Å². The van der Waals surface area contributed by atoms with E-state index in [1.165, 1.54) is 11.0 Å². The number of aryl methyl sites for hydroxylation is 3. The van der Waals surface area contributed by atoms with Crippen LogP contribution in [0.1, 0.15) is 67.0 Å². The molecule has 0 aliphatic rings. The SMILES string of the molecule is C=Cc1ccc2c(/C=C(\CCCOc3cc(C)c(Cl)c(C)c3)c3ccc(Cl)c(C(=C\C)/C(C)=N\N(C)C)c3N[C@H](C)CNC)cn(C)c2c1.C=O.CO. The lowest BCUT2D eigenvalue weighted by Gasteiger charge is -2.25. The highest BCUT2D eigenvalue weighted by Gasteiger charge is 2.22. The number of allylic oxidation sites excluding steroid dienone is 3. The number of nitrogens with one attached hydrogen (secondary N) is 2. The lowest BCUT2D eigenvalue weighted by Crippen LogP contribution is -2.29. The third-order valence-electron chi connectivity index (χ3n) is 8.58. The van der Waals surface area contributed by atoms with Gasteiger partial charge in [0.15, 0.2) is 0 Å². The van der Waals surface area contributed by atoms with E-state index in [0.29, 0.717) is 11.6 Å². The molecular weight excluding hydrogens is 705 g/mol. The maximum absolute atomic E-state index is 8.00. The normalized spacial score (nSPS) is 12.4. The first-order valence-electron chi connectivity index (χ1n) is 17.6. The van der Waals surface area contributed by atoms with E-state index >= 15 is 0 Å². The average molecular weight is 763 g/mol. The number of hydrogen-bond donors (Lipinski definition) is 3. The van der Waals surface area contributed by atoms with Crippen LogP contribution in [0, 0.1) is 13.8 Å². The smallest absolute Gasteiger partial charge is 0.119 e. The first-order chi connectivity index (χ1) is 25.4. The molecule has 10 heteroatoms. The number of hydrazone groups is 1. The van der Waals surface area contributed by atoms with Crippen LogP contribution < -0.4 is 15.4 Å². The molecule has 0 unspecified atom stereocenters. The fourth-order valence-electron chi connectivity index (χ4n) is 6.34. The van der Waals surface area contributed by atoms with Crippen LogP contribution in [0.25, 0.3) is 34.2 Å². The van der Waals surface area contributed by atoms with Gasteiger partial charge < -0.3 is 34.8 Å². The van der Waals surface area contributed by atoms with Crippen molar-refractivity contribution in [1.82, 2.24) is 14.9 Å². The third kappa shape index (κ3) is 11.8. The molecule has 0 bridgehead atoms. The highest BCUT2D eigenvalue weighted by molar-refractivity contribution is 6.36. The molecule has 3 N–H and O–H groups in total. The molecule has 0 aliphatic heterocycles. The van der Waals surface area contributed by atoms with Gasteiger partial charge in [-0.15, -0.1) is 0 Å². The Balaban J connectivity index is 0.00000235. The number of nitrogens with zero attached hydrogens (tertiary/aromatic N) is 3. The van der Waals surface area contributed by atoms with Gasteiger partial charge in [0.2, 0.25) is 0 Å². The fraction of sp³-hybridized carbons (Fsp3) is 0.349. The van der Waals surface area contributed by atoms with Crippen molar-refractivity contribution in [2.24, 2.45) is 12.1 Å². The van der Waals surface area contributed by atoms with Gasteiger partial charge in [0.05, 0.1) is 23.0 Å². The number of likely N-dealkylation sites (N-methyl/N-ethyl adjacent to an activating group) is 1. The molecule has 8 nitrogen and oxygen atoms in total. The number of fused-ring (bicyclic) bond motifs is 1. The maximum Gasteiger partial charge on any atom is 0.119 e. The number of carbonyl (C=O) groups is 1. The molecule has 1 atom stereocenters. The lowest BCUT2D eigenvalue weighted by molar-refractivity contribution is -0.0980. The van der Waals surface area contributed by atoms with Gasteiger partial charge >= 0.3 is 0 Å². The molecule has 0 amide bonds. The Morgan fingerprint density at radius 1 is 1.09 bits per heavy atom. The first-order valence-corrected chi connectivity index (χ1v) is 18.3. The summed E-state index contributed by atoms with van der Waals surface area (Å²) >= 11 is 13.5. The van der Waals surface area contributed by atoms with Gasteiger partial charge in [-0.2, -0.15) is 5.10 Å². The van der Waals surface area contributed by atoms with E-state index in [9.17, 15) is 0 Å². The molecular formula is C43H57Cl2N5O3. The lowest BCUT2D eigenvalue weighted by atomic mass is 9.90. The van der Waals surface area contributed by atoms with Crippen LogP contribution in [0.5, 0.6) is 5.75 Å². The van der Waals surface area contributed by atoms with Crippen LogP contribution >= 0.6 is 23.2 Å². The number of ether oxygens (including phenoxy) is 1. The molecule has 0 radical (unpaired) electrons. The minimum Gasteiger partial charge on any atom is -0.494 e. The fourth-order valence-corrected chi connectivity index (χ4v) is 6.71. The highest BCUT2D eigenvalue weighted by atomic mass is 35.5. The average Bonchev–Trinajstić information content (AvgIpc) is 3.45. The summed E-state index contributed by atoms with van der Waals surface area (Å²) in [6, 6.07) is 14.8. The number of halogens is 2. The second-order valence-corrected chi connectivity index (χ2v) is 13.6. The highest BCUT2D eigenvalue weighted by Crippen LogP contribution is 2.41. The van der Waals surface area contributed by atoms with Crippen molar-refractivity contribution in [2.75, 3.05) is 46.7 Å². The topological polar surface area (TPSA) is 91.1 Å². The Labute approximate surface area is 326 Å². The molecule has 3 aromatic carbocycles. The molecule has 0 saturated carbocycles. The van der Waals surface area contributed by atoms with Crippen LogP contribution in [0.3, 0.4) is 0 Å². The van der Waals surface area contributed by atoms with Crippen molar-refractivity contribution in [1.29, 1.82) is 0 Å². The summed E-state index contributed by atoms with van der Waals surface area (Å²) in [6.45, 7) is 17.6. The molecule has 0 aliphatic carbocycles. The van der Waals surface area contributed by atoms with Gasteiger partial charge in [-0.25, -0.2) is 0 Å². The zero-order valence-corrected chi connectivity index (χ0v) is 34.5. The van der Waals surface area contributed by atoms with Gasteiger partial charge in [-0.05, 0) is 107 Å². The quantitative estimate of drug-likeness (QED) is 0.0635. The monoisotopic (exact) mass is 761 g/mol. The molecule has 0 fully saturated rings. The Hall–Kier alpha value is -4.34. The van der Waals surface area contributed by atoms with E-state index < -0.39 is 0 Å². The summed E-state index contributed by atoms with van der Waals surface area (Å²) in [4.78, 5) is 8.00. The number of benzene rings is 3. The minimum atomic E-state index is 0.126. The van der Waals surface area contributed by atoms with E-state index in [4.69, 9.17) is 42.9 Å². The van der Waals surface area contributed by atoms with E-state index in [1.807, 2.05) is 84.9 Å². The Kier molecular flexibility index (Phi) is 18.6. The van der Waals surface area contributed by atoms with Crippen molar-refractivity contribution < 1.29 is 14.6 Å². The molecule has 4 rings (SSSR count). The molecule has 4 aromatic rings. The van der Waals surface area contributed by atoms with Crippen molar-refractivity contribution in [3.63, 3.8) is 0 Å². The van der Waals surface area contributed by atoms with Crippen molar-refractivity contribution in [3.05, 3.63) is 105 Å². The minimum absolute atomic E-state index is 0.126. The summed E-state index contributed by atoms with van der Waals surface area (Å²) < 4.78 is 8.46. The van der Waals surface area contributed by atoms with Crippen LogP contribution in [-0.4, -0.2) is 74.6 Å². The van der Waals surface area contributed by atoms with Gasteiger partial charge in [0.25, 0.3) is 0 Å². The summed E-state index contributed by atoms with van der Waals surface area (Å²) in [5, 5.41) is 23.4. The van der Waals surface area contributed by atoms with Gasteiger partial charge in [0, 0.05) is 85.2 Å². The standard InChI is InChI=1S/C41H51Cl2N5O.CH4O.CH2O/c1-11-30-15-16-35-32(25-48(10)38(35)22-30)23-31(14-13-19-49-33-20-26(3)40(43)27(4)21-33)36-17-18-37(42)39(41(36)45-28(5)24-44-7)34(12-2)29(6)46-47(8)9;2*1-2/h11-12,15-18,20-23,25,28,44-45H,1,13-14,19,24H2,2-10H3;2H,1H3;1H2/b31-23+,34-12-,46-29-;;/t28-;;/m1../s1. The summed E-state index contributed by atoms with van der Waals surface area (Å²) in [5.41, 5.74) is 11.5. The maximum atomic E-state index is 8.00. The largest absolute Gasteiger partial charge is 0.494 e. The second kappa shape index (κ2) is 22.0. The van der Waals surface area contributed by atoms with Crippen LogP contribution in [-0.2, 0) is 11.8 Å². The Bertz CT molecular complexity index is 1900.